The van der Waals surface area contributed by atoms with Crippen LogP contribution in [0.2, 0.25) is 0 Å². The molecule has 0 atom stereocenters. The van der Waals surface area contributed by atoms with Crippen LogP contribution in [0.1, 0.15) is 24.8 Å². The van der Waals surface area contributed by atoms with Crippen molar-refractivity contribution in [1.29, 1.82) is 0 Å². The molecule has 3 rings (SSSR count). The molecule has 1 aliphatic rings. The number of piperidine rings is 1. The summed E-state index contributed by atoms with van der Waals surface area (Å²) in [5.41, 5.74) is 3.33. The summed E-state index contributed by atoms with van der Waals surface area (Å²) in [6.07, 6.45) is 5.43. The largest absolute Gasteiger partial charge is 0.336 e. The third kappa shape index (κ3) is 4.12. The second-order valence-electron chi connectivity index (χ2n) is 6.11. The molecule has 1 aliphatic heterocycles. The number of hydrogen-bond acceptors (Lipinski definition) is 2. The molecule has 2 aromatic rings. The molecule has 1 fully saturated rings. The number of likely N-dealkylation sites (tertiary alicyclic amines) is 1. The number of aromatic nitrogens is 2. The number of rotatable bonds is 4. The SMILES string of the molecule is Cc1ccc(-c2ccn(CCNC(=O)N3CCCCC3)n2)cc1. The molecule has 0 unspecified atom stereocenters. The van der Waals surface area contributed by atoms with E-state index in [4.69, 9.17) is 0 Å². The van der Waals surface area contributed by atoms with Crippen molar-refractivity contribution >= 4 is 6.03 Å². The van der Waals surface area contributed by atoms with Crippen LogP contribution in [0.3, 0.4) is 0 Å². The van der Waals surface area contributed by atoms with Crippen molar-refractivity contribution < 1.29 is 4.79 Å². The molecule has 5 nitrogen and oxygen atoms in total. The summed E-state index contributed by atoms with van der Waals surface area (Å²) < 4.78 is 1.88. The molecule has 2 amide bonds. The van der Waals surface area contributed by atoms with Gasteiger partial charge in [-0.2, -0.15) is 5.10 Å². The van der Waals surface area contributed by atoms with Crippen molar-refractivity contribution in [3.63, 3.8) is 0 Å². The number of carbonyl (C=O) groups is 1. The fraction of sp³-hybridized carbons (Fsp3) is 0.444. The predicted octanol–water partition coefficient (Wildman–Crippen LogP) is 3.05. The summed E-state index contributed by atoms with van der Waals surface area (Å²) in [4.78, 5) is 13.9. The number of urea groups is 1. The molecular weight excluding hydrogens is 288 g/mol. The Balaban J connectivity index is 1.49. The van der Waals surface area contributed by atoms with E-state index in [2.05, 4.69) is 41.6 Å². The molecule has 122 valence electrons. The highest BCUT2D eigenvalue weighted by Crippen LogP contribution is 2.17. The van der Waals surface area contributed by atoms with E-state index in [0.717, 1.165) is 37.2 Å². The smallest absolute Gasteiger partial charge is 0.317 e. The Morgan fingerprint density at radius 3 is 2.61 bits per heavy atom. The van der Waals surface area contributed by atoms with Crippen LogP contribution in [-0.4, -0.2) is 40.3 Å². The first-order chi connectivity index (χ1) is 11.2. The molecular formula is C18H24N4O. The number of nitrogens with zero attached hydrogens (tertiary/aromatic N) is 3. The van der Waals surface area contributed by atoms with Crippen LogP contribution < -0.4 is 5.32 Å². The monoisotopic (exact) mass is 312 g/mol. The zero-order valence-electron chi connectivity index (χ0n) is 13.7. The molecule has 0 bridgehead atoms. The third-order valence-electron chi connectivity index (χ3n) is 4.25. The highest BCUT2D eigenvalue weighted by Gasteiger charge is 2.15. The highest BCUT2D eigenvalue weighted by molar-refractivity contribution is 5.74. The minimum atomic E-state index is 0.0515. The van der Waals surface area contributed by atoms with Crippen LogP contribution in [0, 0.1) is 6.92 Å². The lowest BCUT2D eigenvalue weighted by molar-refractivity contribution is 0.186. The van der Waals surface area contributed by atoms with Crippen molar-refractivity contribution in [2.45, 2.75) is 32.7 Å². The Labute approximate surface area is 137 Å². The Morgan fingerprint density at radius 2 is 1.87 bits per heavy atom. The Bertz CT molecular complexity index is 641. The van der Waals surface area contributed by atoms with E-state index in [9.17, 15) is 4.79 Å². The Morgan fingerprint density at radius 1 is 1.13 bits per heavy atom. The second-order valence-corrected chi connectivity index (χ2v) is 6.11. The molecule has 1 saturated heterocycles. The molecule has 1 N–H and O–H groups in total. The van der Waals surface area contributed by atoms with Crippen LogP contribution in [-0.2, 0) is 6.54 Å². The van der Waals surface area contributed by atoms with Gasteiger partial charge in [0.25, 0.3) is 0 Å². The zero-order chi connectivity index (χ0) is 16.1. The molecule has 1 aromatic heterocycles. The molecule has 23 heavy (non-hydrogen) atoms. The van der Waals surface area contributed by atoms with Gasteiger partial charge in [0.1, 0.15) is 0 Å². The second kappa shape index (κ2) is 7.31. The minimum Gasteiger partial charge on any atom is -0.336 e. The van der Waals surface area contributed by atoms with Crippen LogP contribution in [0.25, 0.3) is 11.3 Å². The molecule has 2 heterocycles. The summed E-state index contributed by atoms with van der Waals surface area (Å²) in [5, 5.41) is 7.55. The van der Waals surface area contributed by atoms with Crippen LogP contribution in [0.4, 0.5) is 4.79 Å². The van der Waals surface area contributed by atoms with Crippen LogP contribution >= 0.6 is 0 Å². The van der Waals surface area contributed by atoms with Gasteiger partial charge in [0.05, 0.1) is 12.2 Å². The van der Waals surface area contributed by atoms with E-state index in [1.165, 1.54) is 12.0 Å². The van der Waals surface area contributed by atoms with Gasteiger partial charge in [-0.1, -0.05) is 29.8 Å². The van der Waals surface area contributed by atoms with Crippen LogP contribution in [0.15, 0.2) is 36.5 Å². The lowest BCUT2D eigenvalue weighted by Gasteiger charge is -2.26. The van der Waals surface area contributed by atoms with Gasteiger partial charge >= 0.3 is 6.03 Å². The molecule has 0 spiro atoms. The number of nitrogens with one attached hydrogen (secondary N) is 1. The first kappa shape index (κ1) is 15.6. The third-order valence-corrected chi connectivity index (χ3v) is 4.25. The zero-order valence-corrected chi connectivity index (χ0v) is 13.7. The van der Waals surface area contributed by atoms with Crippen molar-refractivity contribution in [2.75, 3.05) is 19.6 Å². The summed E-state index contributed by atoms with van der Waals surface area (Å²) in [6.45, 7) is 5.12. The summed E-state index contributed by atoms with van der Waals surface area (Å²) >= 11 is 0. The lowest BCUT2D eigenvalue weighted by Crippen LogP contribution is -2.43. The molecule has 1 aromatic carbocycles. The number of carbonyl (C=O) groups excluding carboxylic acids is 1. The van der Waals surface area contributed by atoms with Gasteiger partial charge in [-0.05, 0) is 32.3 Å². The summed E-state index contributed by atoms with van der Waals surface area (Å²) in [6, 6.07) is 10.4. The van der Waals surface area contributed by atoms with E-state index in [1.54, 1.807) is 0 Å². The van der Waals surface area contributed by atoms with E-state index in [1.807, 2.05) is 21.8 Å². The van der Waals surface area contributed by atoms with Gasteiger partial charge in [-0.25, -0.2) is 4.79 Å². The van der Waals surface area contributed by atoms with Gasteiger partial charge in [0.15, 0.2) is 0 Å². The first-order valence-corrected chi connectivity index (χ1v) is 8.36. The van der Waals surface area contributed by atoms with Crippen LogP contribution in [0.5, 0.6) is 0 Å². The van der Waals surface area contributed by atoms with Crippen molar-refractivity contribution in [3.8, 4) is 11.3 Å². The van der Waals surface area contributed by atoms with Gasteiger partial charge in [-0.3, -0.25) is 4.68 Å². The predicted molar refractivity (Wildman–Crippen MR) is 91.2 cm³/mol. The standard InChI is InChI=1S/C18H24N4O/c1-15-5-7-16(8-6-15)17-9-13-22(20-17)14-10-19-18(23)21-11-3-2-4-12-21/h5-9,13H,2-4,10-12,14H2,1H3,(H,19,23). The topological polar surface area (TPSA) is 50.2 Å². The lowest BCUT2D eigenvalue weighted by atomic mass is 10.1. The van der Waals surface area contributed by atoms with Gasteiger partial charge < -0.3 is 10.2 Å². The summed E-state index contributed by atoms with van der Waals surface area (Å²) in [5.74, 6) is 0. The van der Waals surface area contributed by atoms with E-state index in [-0.39, 0.29) is 6.03 Å². The van der Waals surface area contributed by atoms with Crippen molar-refractivity contribution in [1.82, 2.24) is 20.0 Å². The highest BCUT2D eigenvalue weighted by atomic mass is 16.2. The Hall–Kier alpha value is -2.30. The van der Waals surface area contributed by atoms with E-state index in [0.29, 0.717) is 13.1 Å². The number of benzene rings is 1. The Kier molecular flexibility index (Phi) is 4.95. The van der Waals surface area contributed by atoms with Gasteiger partial charge in [0.2, 0.25) is 0 Å². The van der Waals surface area contributed by atoms with Gasteiger partial charge in [-0.15, -0.1) is 0 Å². The maximum absolute atomic E-state index is 12.0. The fourth-order valence-corrected chi connectivity index (χ4v) is 2.85. The molecule has 0 aliphatic carbocycles. The van der Waals surface area contributed by atoms with Crippen molar-refractivity contribution in [2.24, 2.45) is 0 Å². The maximum atomic E-state index is 12.0. The molecule has 5 heteroatoms. The molecule has 0 radical (unpaired) electrons. The maximum Gasteiger partial charge on any atom is 0.317 e. The number of aryl methyl sites for hydroxylation is 1. The first-order valence-electron chi connectivity index (χ1n) is 8.36. The van der Waals surface area contributed by atoms with E-state index >= 15 is 0 Å². The molecule has 0 saturated carbocycles. The average Bonchev–Trinajstić information content (AvgIpc) is 3.05. The quantitative estimate of drug-likeness (QED) is 0.943. The number of amides is 2. The van der Waals surface area contributed by atoms with E-state index < -0.39 is 0 Å². The average molecular weight is 312 g/mol. The normalized spacial score (nSPS) is 14.7. The van der Waals surface area contributed by atoms with Crippen molar-refractivity contribution in [3.05, 3.63) is 42.1 Å². The fourth-order valence-electron chi connectivity index (χ4n) is 2.85. The summed E-state index contributed by atoms with van der Waals surface area (Å²) in [7, 11) is 0. The number of hydrogen-bond donors (Lipinski definition) is 1. The minimum absolute atomic E-state index is 0.0515. The van der Waals surface area contributed by atoms with Gasteiger partial charge in [0, 0.05) is 31.4 Å².